The molecule has 172 valence electrons. The summed E-state index contributed by atoms with van der Waals surface area (Å²) in [5.74, 6) is -2.48. The molecule has 0 atom stereocenters. The summed E-state index contributed by atoms with van der Waals surface area (Å²) < 4.78 is 44.9. The van der Waals surface area contributed by atoms with Crippen molar-refractivity contribution < 1.29 is 23.1 Å². The zero-order valence-corrected chi connectivity index (χ0v) is 17.7. The Morgan fingerprint density at radius 2 is 1.85 bits per heavy atom. The van der Waals surface area contributed by atoms with Gasteiger partial charge in [-0.1, -0.05) is 18.2 Å². The zero-order valence-electron chi connectivity index (χ0n) is 17.7. The van der Waals surface area contributed by atoms with Gasteiger partial charge in [-0.15, -0.1) is 0 Å². The Labute approximate surface area is 187 Å². The molecular formula is C24H22F3N3O3. The number of hydrogen-bond donors (Lipinski definition) is 2. The molecule has 33 heavy (non-hydrogen) atoms. The van der Waals surface area contributed by atoms with Gasteiger partial charge >= 0.3 is 0 Å². The molecule has 0 amide bonds. The van der Waals surface area contributed by atoms with Crippen molar-refractivity contribution in [1.82, 2.24) is 9.88 Å². The van der Waals surface area contributed by atoms with E-state index in [9.17, 15) is 23.5 Å². The van der Waals surface area contributed by atoms with Crippen LogP contribution >= 0.6 is 0 Å². The predicted molar refractivity (Wildman–Crippen MR) is 121 cm³/mol. The Bertz CT molecular complexity index is 1280. The summed E-state index contributed by atoms with van der Waals surface area (Å²) >= 11 is 0. The van der Waals surface area contributed by atoms with E-state index in [1.165, 1.54) is 18.2 Å². The average molecular weight is 457 g/mol. The van der Waals surface area contributed by atoms with Crippen LogP contribution in [-0.2, 0) is 6.54 Å². The molecule has 1 aliphatic rings. The van der Waals surface area contributed by atoms with Gasteiger partial charge in [0.1, 0.15) is 23.9 Å². The molecule has 0 aliphatic carbocycles. The maximum Gasteiger partial charge on any atom is 0.200 e. The summed E-state index contributed by atoms with van der Waals surface area (Å²) in [6.45, 7) is 0.692. The minimum absolute atomic E-state index is 0.0614. The lowest BCUT2D eigenvalue weighted by Crippen LogP contribution is -2.44. The van der Waals surface area contributed by atoms with Gasteiger partial charge in [-0.2, -0.15) is 0 Å². The van der Waals surface area contributed by atoms with Gasteiger partial charge in [0.25, 0.3) is 0 Å². The van der Waals surface area contributed by atoms with Gasteiger partial charge in [-0.05, 0) is 29.8 Å². The van der Waals surface area contributed by atoms with E-state index in [1.54, 1.807) is 17.0 Å². The highest BCUT2D eigenvalue weighted by atomic mass is 19.1. The van der Waals surface area contributed by atoms with Crippen molar-refractivity contribution in [1.29, 1.82) is 0 Å². The van der Waals surface area contributed by atoms with Crippen molar-refractivity contribution in [2.24, 2.45) is 0 Å². The highest BCUT2D eigenvalue weighted by Crippen LogP contribution is 2.30. The molecule has 2 heterocycles. The number of halogens is 3. The second-order valence-electron chi connectivity index (χ2n) is 7.70. The van der Waals surface area contributed by atoms with Crippen LogP contribution in [0.25, 0.3) is 17.0 Å². The topological polar surface area (TPSA) is 74.6 Å². The van der Waals surface area contributed by atoms with Crippen LogP contribution in [-0.4, -0.2) is 48.3 Å². The first kappa shape index (κ1) is 22.6. The quantitative estimate of drug-likeness (QED) is 0.439. The summed E-state index contributed by atoms with van der Waals surface area (Å²) in [5.41, 5.74) is -1.04. The highest BCUT2D eigenvalue weighted by Gasteiger charge is 2.25. The molecular weight excluding hydrogens is 435 g/mol. The number of anilines is 1. The largest absolute Gasteiger partial charge is 0.508 e. The highest BCUT2D eigenvalue weighted by molar-refractivity contribution is 6.08. The number of nitrogens with one attached hydrogen (secondary N) is 1. The van der Waals surface area contributed by atoms with E-state index in [1.807, 2.05) is 0 Å². The molecule has 2 aromatic carbocycles. The van der Waals surface area contributed by atoms with E-state index in [2.05, 4.69) is 5.32 Å². The molecule has 4 rings (SSSR count). The van der Waals surface area contributed by atoms with Crippen molar-refractivity contribution in [2.75, 3.05) is 37.8 Å². The normalized spacial score (nSPS) is 14.3. The van der Waals surface area contributed by atoms with Crippen LogP contribution in [0, 0.1) is 11.6 Å². The van der Waals surface area contributed by atoms with Crippen LogP contribution in [0.3, 0.4) is 0 Å². The monoisotopic (exact) mass is 457 g/mol. The fourth-order valence-corrected chi connectivity index (χ4v) is 3.95. The minimum Gasteiger partial charge on any atom is -0.508 e. The number of carbonyl (C=O) groups is 1. The third-order valence-electron chi connectivity index (χ3n) is 5.57. The summed E-state index contributed by atoms with van der Waals surface area (Å²) in [6, 6.07) is 6.95. The fraction of sp³-hybridized carbons (Fsp3) is 0.250. The van der Waals surface area contributed by atoms with E-state index in [0.29, 0.717) is 31.7 Å². The number of phenols is 1. The number of benzene rings is 2. The predicted octanol–water partition coefficient (Wildman–Crippen LogP) is 3.26. The SMILES string of the molecule is O=C(C=Cc1ccc(O)cc1)c1cn(CCF)c2c(F)c(N3CCNCC3)c(F)cc2c1=O. The molecule has 0 unspecified atom stereocenters. The molecule has 9 heteroatoms. The lowest BCUT2D eigenvalue weighted by Gasteiger charge is -2.30. The van der Waals surface area contributed by atoms with Crippen LogP contribution in [0.15, 0.2) is 47.4 Å². The number of allylic oxidation sites excluding steroid dienone is 1. The van der Waals surface area contributed by atoms with E-state index >= 15 is 4.39 Å². The Morgan fingerprint density at radius 3 is 2.52 bits per heavy atom. The number of pyridine rings is 1. The fourth-order valence-electron chi connectivity index (χ4n) is 3.95. The van der Waals surface area contributed by atoms with Gasteiger partial charge in [0.05, 0.1) is 23.0 Å². The number of nitrogens with zero attached hydrogens (tertiary/aromatic N) is 2. The van der Waals surface area contributed by atoms with E-state index in [-0.39, 0.29) is 34.4 Å². The molecule has 0 saturated carbocycles. The number of carbonyl (C=O) groups excluding carboxylic acids is 1. The number of aryl methyl sites for hydroxylation is 1. The van der Waals surface area contributed by atoms with Crippen LogP contribution in [0.2, 0.25) is 0 Å². The first-order valence-electron chi connectivity index (χ1n) is 10.5. The van der Waals surface area contributed by atoms with Crippen LogP contribution in [0.5, 0.6) is 5.75 Å². The van der Waals surface area contributed by atoms with Crippen molar-refractivity contribution >= 4 is 28.4 Å². The second kappa shape index (κ2) is 9.50. The second-order valence-corrected chi connectivity index (χ2v) is 7.70. The van der Waals surface area contributed by atoms with Gasteiger partial charge in [0.2, 0.25) is 5.43 Å². The minimum atomic E-state index is -0.948. The van der Waals surface area contributed by atoms with Crippen molar-refractivity contribution in [3.8, 4) is 5.75 Å². The summed E-state index contributed by atoms with van der Waals surface area (Å²) in [4.78, 5) is 27.3. The van der Waals surface area contributed by atoms with Gasteiger partial charge in [0, 0.05) is 32.4 Å². The standard InChI is InChI=1S/C24H22F3N3O3/c25-7-10-30-14-18(20(32)6-3-15-1-4-16(31)5-2-15)24(33)17-13-19(26)23(21(27)22(17)30)29-11-8-28-9-12-29/h1-6,13-14,28,31H,7-12H2. The Kier molecular flexibility index (Phi) is 6.50. The third-order valence-corrected chi connectivity index (χ3v) is 5.57. The average Bonchev–Trinajstić information content (AvgIpc) is 2.81. The van der Waals surface area contributed by atoms with Crippen molar-refractivity contribution in [2.45, 2.75) is 6.54 Å². The van der Waals surface area contributed by atoms with E-state index in [0.717, 1.165) is 22.9 Å². The number of hydrogen-bond acceptors (Lipinski definition) is 5. The molecule has 0 radical (unpaired) electrons. The lowest BCUT2D eigenvalue weighted by molar-refractivity contribution is 0.104. The van der Waals surface area contributed by atoms with Gasteiger partial charge < -0.3 is 19.9 Å². The third kappa shape index (κ3) is 4.49. The molecule has 1 aliphatic heterocycles. The number of fused-ring (bicyclic) bond motifs is 1. The Hall–Kier alpha value is -3.59. The number of ketones is 1. The number of rotatable bonds is 6. The smallest absolute Gasteiger partial charge is 0.200 e. The number of piperazine rings is 1. The van der Waals surface area contributed by atoms with Gasteiger partial charge in [-0.3, -0.25) is 9.59 Å². The number of alkyl halides is 1. The zero-order chi connectivity index (χ0) is 23.5. The van der Waals surface area contributed by atoms with Crippen molar-refractivity contribution in [3.05, 3.63) is 75.6 Å². The van der Waals surface area contributed by atoms with Crippen LogP contribution < -0.4 is 15.6 Å². The molecule has 0 bridgehead atoms. The molecule has 6 nitrogen and oxygen atoms in total. The van der Waals surface area contributed by atoms with Crippen molar-refractivity contribution in [3.63, 3.8) is 0 Å². The van der Waals surface area contributed by atoms with Gasteiger partial charge in [0.15, 0.2) is 11.6 Å². The molecule has 1 fully saturated rings. The first-order valence-corrected chi connectivity index (χ1v) is 10.5. The van der Waals surface area contributed by atoms with E-state index in [4.69, 9.17) is 0 Å². The maximum atomic E-state index is 15.5. The van der Waals surface area contributed by atoms with Crippen LogP contribution in [0.1, 0.15) is 15.9 Å². The molecule has 1 saturated heterocycles. The summed E-state index contributed by atoms with van der Waals surface area (Å²) in [6.07, 6.45) is 3.71. The summed E-state index contributed by atoms with van der Waals surface area (Å²) in [5, 5.41) is 12.1. The first-order chi connectivity index (χ1) is 15.9. The van der Waals surface area contributed by atoms with Gasteiger partial charge in [-0.25, -0.2) is 13.2 Å². The number of aromatic hydroxyl groups is 1. The molecule has 1 aromatic heterocycles. The molecule has 0 spiro atoms. The Morgan fingerprint density at radius 1 is 1.15 bits per heavy atom. The molecule has 3 aromatic rings. The number of phenolic OH excluding ortho intramolecular Hbond substituents is 1. The number of aromatic nitrogens is 1. The maximum absolute atomic E-state index is 15.5. The van der Waals surface area contributed by atoms with E-state index < -0.39 is 29.5 Å². The summed E-state index contributed by atoms with van der Waals surface area (Å²) in [7, 11) is 0. The van der Waals surface area contributed by atoms with Crippen LogP contribution in [0.4, 0.5) is 18.9 Å². The molecule has 2 N–H and O–H groups in total. The lowest BCUT2D eigenvalue weighted by atomic mass is 10.0. The Balaban J connectivity index is 1.82.